The van der Waals surface area contributed by atoms with Gasteiger partial charge in [-0.25, -0.2) is 9.67 Å². The lowest BCUT2D eigenvalue weighted by atomic mass is 10.1. The number of ether oxygens (including phenoxy) is 1. The van der Waals surface area contributed by atoms with Crippen molar-refractivity contribution in [3.05, 3.63) is 60.4 Å². The first-order valence-corrected chi connectivity index (χ1v) is 10.4. The molecule has 1 aliphatic heterocycles. The van der Waals surface area contributed by atoms with E-state index in [1.165, 1.54) is 0 Å². The number of pyridine rings is 1. The third-order valence-electron chi connectivity index (χ3n) is 4.91. The SMILES string of the molecule is c1ccc(-c2nc3ccccn3c2CSc2nnnn2C[C@H]2CCCO2)cc1. The number of nitrogens with zero attached hydrogens (tertiary/aromatic N) is 6. The summed E-state index contributed by atoms with van der Waals surface area (Å²) in [7, 11) is 0. The Morgan fingerprint density at radius 1 is 1.11 bits per heavy atom. The van der Waals surface area contributed by atoms with Gasteiger partial charge in [0.25, 0.3) is 0 Å². The summed E-state index contributed by atoms with van der Waals surface area (Å²) >= 11 is 1.63. The Morgan fingerprint density at radius 2 is 2.00 bits per heavy atom. The number of fused-ring (bicyclic) bond motifs is 1. The van der Waals surface area contributed by atoms with Crippen LogP contribution >= 0.6 is 11.8 Å². The van der Waals surface area contributed by atoms with E-state index in [9.17, 15) is 0 Å². The Kier molecular flexibility index (Phi) is 4.80. The Bertz CT molecular complexity index is 1070. The van der Waals surface area contributed by atoms with Crippen molar-refractivity contribution in [2.45, 2.75) is 36.4 Å². The first-order valence-electron chi connectivity index (χ1n) is 9.40. The molecule has 0 spiro atoms. The average Bonchev–Trinajstić information content (AvgIpc) is 3.48. The van der Waals surface area contributed by atoms with Crippen LogP contribution in [-0.2, 0) is 17.0 Å². The lowest BCUT2D eigenvalue weighted by Gasteiger charge is -2.10. The summed E-state index contributed by atoms with van der Waals surface area (Å²) < 4.78 is 9.72. The van der Waals surface area contributed by atoms with Crippen molar-refractivity contribution >= 4 is 17.4 Å². The predicted octanol–water partition coefficient (Wildman–Crippen LogP) is 3.46. The van der Waals surface area contributed by atoms with Gasteiger partial charge in [0, 0.05) is 24.1 Å². The van der Waals surface area contributed by atoms with Crippen LogP contribution < -0.4 is 0 Å². The van der Waals surface area contributed by atoms with Crippen molar-refractivity contribution in [1.29, 1.82) is 0 Å². The molecular formula is C20H20N6OS. The molecule has 0 unspecified atom stereocenters. The van der Waals surface area contributed by atoms with Gasteiger partial charge in [-0.1, -0.05) is 48.2 Å². The first kappa shape index (κ1) is 17.4. The fourth-order valence-corrected chi connectivity index (χ4v) is 4.44. The monoisotopic (exact) mass is 392 g/mol. The molecule has 0 radical (unpaired) electrons. The number of hydrogen-bond acceptors (Lipinski definition) is 6. The molecule has 1 fully saturated rings. The summed E-state index contributed by atoms with van der Waals surface area (Å²) in [6, 6.07) is 16.4. The maximum Gasteiger partial charge on any atom is 0.209 e. The lowest BCUT2D eigenvalue weighted by molar-refractivity contribution is 0.0912. The lowest BCUT2D eigenvalue weighted by Crippen LogP contribution is -2.16. The fraction of sp³-hybridized carbons (Fsp3) is 0.300. The average molecular weight is 392 g/mol. The molecule has 1 aromatic carbocycles. The molecule has 1 atom stereocenters. The van der Waals surface area contributed by atoms with Gasteiger partial charge in [-0.2, -0.15) is 0 Å². The molecule has 1 saturated heterocycles. The van der Waals surface area contributed by atoms with Crippen molar-refractivity contribution in [2.24, 2.45) is 0 Å². The van der Waals surface area contributed by atoms with E-state index in [2.05, 4.69) is 38.3 Å². The highest BCUT2D eigenvalue weighted by atomic mass is 32.2. The van der Waals surface area contributed by atoms with Crippen LogP contribution in [0.25, 0.3) is 16.9 Å². The van der Waals surface area contributed by atoms with E-state index >= 15 is 0 Å². The molecule has 8 heteroatoms. The van der Waals surface area contributed by atoms with E-state index in [4.69, 9.17) is 9.72 Å². The second kappa shape index (κ2) is 7.73. The molecule has 4 heterocycles. The molecule has 0 bridgehead atoms. The van der Waals surface area contributed by atoms with Crippen LogP contribution in [0.2, 0.25) is 0 Å². The van der Waals surface area contributed by atoms with E-state index in [1.54, 1.807) is 11.8 Å². The molecule has 0 saturated carbocycles. The van der Waals surface area contributed by atoms with Crippen LogP contribution in [0.5, 0.6) is 0 Å². The normalized spacial score (nSPS) is 16.8. The van der Waals surface area contributed by atoms with Crippen LogP contribution in [0, 0.1) is 0 Å². The summed E-state index contributed by atoms with van der Waals surface area (Å²) in [5, 5.41) is 13.1. The number of hydrogen-bond donors (Lipinski definition) is 0. The molecule has 28 heavy (non-hydrogen) atoms. The van der Waals surface area contributed by atoms with E-state index in [1.807, 2.05) is 41.1 Å². The molecule has 0 aliphatic carbocycles. The van der Waals surface area contributed by atoms with Gasteiger partial charge in [0.2, 0.25) is 5.16 Å². The second-order valence-corrected chi connectivity index (χ2v) is 7.71. The van der Waals surface area contributed by atoms with Crippen LogP contribution in [0.1, 0.15) is 18.5 Å². The standard InChI is InChI=1S/C20H20N6OS/c1-2-7-15(8-3-1)19-17(25-11-5-4-10-18(25)21-19)14-28-20-22-23-24-26(20)13-16-9-6-12-27-16/h1-5,7-8,10-11,16H,6,9,12-14H2/t16-/m1/s1. The zero-order valence-corrected chi connectivity index (χ0v) is 16.1. The fourth-order valence-electron chi connectivity index (χ4n) is 3.54. The van der Waals surface area contributed by atoms with Gasteiger partial charge in [0.05, 0.1) is 24.0 Å². The number of thioether (sulfide) groups is 1. The first-order chi connectivity index (χ1) is 13.9. The molecule has 1 aliphatic rings. The quantitative estimate of drug-likeness (QED) is 0.468. The number of benzene rings is 1. The Morgan fingerprint density at radius 3 is 2.86 bits per heavy atom. The maximum absolute atomic E-state index is 5.73. The number of tetrazole rings is 1. The third kappa shape index (κ3) is 3.41. The summed E-state index contributed by atoms with van der Waals surface area (Å²) in [6.45, 7) is 1.53. The summed E-state index contributed by atoms with van der Waals surface area (Å²) in [5.74, 6) is 0.724. The third-order valence-corrected chi connectivity index (χ3v) is 5.88. The summed E-state index contributed by atoms with van der Waals surface area (Å²) in [5.41, 5.74) is 4.19. The minimum absolute atomic E-state index is 0.207. The van der Waals surface area contributed by atoms with Crippen LogP contribution in [0.4, 0.5) is 0 Å². The van der Waals surface area contributed by atoms with Gasteiger partial charge in [0.15, 0.2) is 0 Å². The topological polar surface area (TPSA) is 70.1 Å². The van der Waals surface area contributed by atoms with E-state index < -0.39 is 0 Å². The number of rotatable bonds is 6. The van der Waals surface area contributed by atoms with Gasteiger partial charge in [0.1, 0.15) is 5.65 Å². The number of aromatic nitrogens is 6. The van der Waals surface area contributed by atoms with Crippen LogP contribution in [0.15, 0.2) is 59.9 Å². The van der Waals surface area contributed by atoms with Crippen molar-refractivity contribution < 1.29 is 4.74 Å². The van der Waals surface area contributed by atoms with Crippen LogP contribution in [-0.4, -0.2) is 42.3 Å². The van der Waals surface area contributed by atoms with Gasteiger partial charge >= 0.3 is 0 Å². The van der Waals surface area contributed by atoms with Crippen molar-refractivity contribution in [3.8, 4) is 11.3 Å². The predicted molar refractivity (Wildman–Crippen MR) is 107 cm³/mol. The number of imidazole rings is 1. The highest BCUT2D eigenvalue weighted by Crippen LogP contribution is 2.30. The zero-order chi connectivity index (χ0) is 18.8. The largest absolute Gasteiger partial charge is 0.376 e. The molecule has 0 amide bonds. The van der Waals surface area contributed by atoms with Gasteiger partial charge < -0.3 is 9.14 Å². The van der Waals surface area contributed by atoms with Crippen molar-refractivity contribution in [3.63, 3.8) is 0 Å². The van der Waals surface area contributed by atoms with E-state index in [0.717, 1.165) is 53.0 Å². The van der Waals surface area contributed by atoms with Gasteiger partial charge in [-0.15, -0.1) is 5.10 Å². The van der Waals surface area contributed by atoms with Gasteiger partial charge in [-0.05, 0) is 35.4 Å². The summed E-state index contributed by atoms with van der Waals surface area (Å²) in [4.78, 5) is 4.86. The molecule has 0 N–H and O–H groups in total. The second-order valence-electron chi connectivity index (χ2n) is 6.77. The smallest absolute Gasteiger partial charge is 0.209 e. The maximum atomic E-state index is 5.73. The highest BCUT2D eigenvalue weighted by Gasteiger charge is 2.20. The highest BCUT2D eigenvalue weighted by molar-refractivity contribution is 7.98. The van der Waals surface area contributed by atoms with E-state index in [-0.39, 0.29) is 6.10 Å². The van der Waals surface area contributed by atoms with E-state index in [0.29, 0.717) is 6.54 Å². The zero-order valence-electron chi connectivity index (χ0n) is 15.3. The Hall–Kier alpha value is -2.71. The Balaban J connectivity index is 1.43. The minimum Gasteiger partial charge on any atom is -0.376 e. The van der Waals surface area contributed by atoms with Crippen LogP contribution in [0.3, 0.4) is 0 Å². The summed E-state index contributed by atoms with van der Waals surface area (Å²) in [6.07, 6.45) is 4.44. The molecule has 7 nitrogen and oxygen atoms in total. The van der Waals surface area contributed by atoms with Crippen molar-refractivity contribution in [2.75, 3.05) is 6.61 Å². The minimum atomic E-state index is 0.207. The molecule has 3 aromatic heterocycles. The molecular weight excluding hydrogens is 372 g/mol. The molecule has 5 rings (SSSR count). The Labute approximate surface area is 166 Å². The van der Waals surface area contributed by atoms with Crippen molar-refractivity contribution in [1.82, 2.24) is 29.6 Å². The van der Waals surface area contributed by atoms with Gasteiger partial charge in [-0.3, -0.25) is 0 Å². The molecule has 142 valence electrons. The molecule has 4 aromatic rings.